The van der Waals surface area contributed by atoms with Gasteiger partial charge in [-0.15, -0.1) is 12.3 Å². The van der Waals surface area contributed by atoms with Gasteiger partial charge in [-0.25, -0.2) is 4.98 Å². The predicted octanol–water partition coefficient (Wildman–Crippen LogP) is 2.09. The van der Waals surface area contributed by atoms with Gasteiger partial charge in [0.25, 0.3) is 5.91 Å². The van der Waals surface area contributed by atoms with Gasteiger partial charge in [0.2, 0.25) is 0 Å². The quantitative estimate of drug-likeness (QED) is 0.805. The van der Waals surface area contributed by atoms with Crippen molar-refractivity contribution in [2.75, 3.05) is 0 Å². The molecule has 0 aliphatic carbocycles. The number of benzene rings is 1. The zero-order valence-electron chi connectivity index (χ0n) is 10.2. The van der Waals surface area contributed by atoms with Gasteiger partial charge in [-0.2, -0.15) is 0 Å². The van der Waals surface area contributed by atoms with Crippen LogP contribution in [-0.4, -0.2) is 21.9 Å². The van der Waals surface area contributed by atoms with Crippen LogP contribution in [0.25, 0.3) is 11.0 Å². The molecule has 1 heterocycles. The Morgan fingerprint density at radius 1 is 1.61 bits per heavy atom. The van der Waals surface area contributed by atoms with Gasteiger partial charge in [0.05, 0.1) is 17.4 Å². The van der Waals surface area contributed by atoms with Crippen molar-refractivity contribution in [2.45, 2.75) is 25.8 Å². The average Bonchev–Trinajstić information content (AvgIpc) is 2.85. The molecule has 0 aliphatic rings. The number of amides is 1. The first-order valence-electron chi connectivity index (χ1n) is 5.92. The van der Waals surface area contributed by atoms with Crippen LogP contribution in [0.4, 0.5) is 0 Å². The molecule has 0 fully saturated rings. The number of fused-ring (bicyclic) bond motifs is 1. The lowest BCUT2D eigenvalue weighted by atomic mass is 10.1. The maximum Gasteiger partial charge on any atom is 0.251 e. The average molecular weight is 241 g/mol. The number of carbonyl (C=O) groups is 1. The number of aromatic nitrogens is 2. The van der Waals surface area contributed by atoms with Gasteiger partial charge in [0.1, 0.15) is 0 Å². The van der Waals surface area contributed by atoms with Gasteiger partial charge in [-0.05, 0) is 24.6 Å². The lowest BCUT2D eigenvalue weighted by Crippen LogP contribution is -2.34. The van der Waals surface area contributed by atoms with Crippen molar-refractivity contribution in [3.63, 3.8) is 0 Å². The van der Waals surface area contributed by atoms with E-state index in [4.69, 9.17) is 6.42 Å². The van der Waals surface area contributed by atoms with Crippen LogP contribution in [0.1, 0.15) is 30.1 Å². The highest BCUT2D eigenvalue weighted by Crippen LogP contribution is 2.12. The van der Waals surface area contributed by atoms with Gasteiger partial charge < -0.3 is 10.3 Å². The van der Waals surface area contributed by atoms with Gasteiger partial charge in [0.15, 0.2) is 0 Å². The molecule has 4 nitrogen and oxygen atoms in total. The molecular formula is C14H15N3O. The molecule has 1 amide bonds. The summed E-state index contributed by atoms with van der Waals surface area (Å²) in [5, 5.41) is 2.93. The third kappa shape index (κ3) is 2.51. The smallest absolute Gasteiger partial charge is 0.251 e. The van der Waals surface area contributed by atoms with Crippen molar-refractivity contribution in [3.8, 4) is 12.3 Å². The highest BCUT2D eigenvalue weighted by molar-refractivity contribution is 5.97. The monoisotopic (exact) mass is 241 g/mol. The minimum atomic E-state index is -0.103. The molecule has 0 radical (unpaired) electrons. The molecule has 2 N–H and O–H groups in total. The second-order valence-electron chi connectivity index (χ2n) is 4.12. The summed E-state index contributed by atoms with van der Waals surface area (Å²) in [5.74, 6) is 2.47. The Bertz CT molecular complexity index is 594. The Hall–Kier alpha value is -2.28. The second-order valence-corrected chi connectivity index (χ2v) is 4.12. The number of rotatable bonds is 4. The van der Waals surface area contributed by atoms with Crippen molar-refractivity contribution in [1.29, 1.82) is 0 Å². The Morgan fingerprint density at radius 3 is 3.17 bits per heavy atom. The fourth-order valence-corrected chi connectivity index (χ4v) is 1.79. The molecule has 1 atom stereocenters. The number of H-pyrrole nitrogens is 1. The van der Waals surface area contributed by atoms with Crippen LogP contribution in [0.5, 0.6) is 0 Å². The normalized spacial score (nSPS) is 12.0. The number of nitrogens with zero attached hydrogens (tertiary/aromatic N) is 1. The highest BCUT2D eigenvalue weighted by atomic mass is 16.1. The highest BCUT2D eigenvalue weighted by Gasteiger charge is 2.11. The van der Waals surface area contributed by atoms with Gasteiger partial charge in [-0.3, -0.25) is 4.79 Å². The second kappa shape index (κ2) is 5.37. The van der Waals surface area contributed by atoms with E-state index in [-0.39, 0.29) is 11.9 Å². The number of hydrogen-bond acceptors (Lipinski definition) is 2. The molecule has 18 heavy (non-hydrogen) atoms. The standard InChI is InChI=1S/C14H15N3O/c1-3-5-11(4-2)17-14(18)10-6-7-12-13(8-10)16-9-15-12/h1,6-9,11H,4-5H2,2H3,(H,15,16)(H,17,18). The van der Waals surface area contributed by atoms with Crippen molar-refractivity contribution >= 4 is 16.9 Å². The number of aromatic amines is 1. The number of imidazole rings is 1. The maximum absolute atomic E-state index is 12.0. The number of terminal acetylenes is 1. The van der Waals surface area contributed by atoms with Crippen molar-refractivity contribution in [1.82, 2.24) is 15.3 Å². The van der Waals surface area contributed by atoms with Crippen LogP contribution in [0.2, 0.25) is 0 Å². The van der Waals surface area contributed by atoms with Crippen LogP contribution in [0, 0.1) is 12.3 Å². The molecule has 0 saturated heterocycles. The number of hydrogen-bond donors (Lipinski definition) is 2. The Morgan fingerprint density at radius 2 is 2.44 bits per heavy atom. The van der Waals surface area contributed by atoms with Gasteiger partial charge in [0, 0.05) is 18.0 Å². The van der Waals surface area contributed by atoms with Gasteiger partial charge in [-0.1, -0.05) is 6.92 Å². The van der Waals surface area contributed by atoms with E-state index in [0.717, 1.165) is 17.5 Å². The molecule has 0 bridgehead atoms. The lowest BCUT2D eigenvalue weighted by molar-refractivity contribution is 0.0937. The SMILES string of the molecule is C#CCC(CC)NC(=O)c1ccc2nc[nH]c2c1. The minimum absolute atomic E-state index is 0.0277. The van der Waals surface area contributed by atoms with Crippen LogP contribution < -0.4 is 5.32 Å². The van der Waals surface area contributed by atoms with Crippen molar-refractivity contribution < 1.29 is 4.79 Å². The zero-order chi connectivity index (χ0) is 13.0. The molecule has 4 heteroatoms. The summed E-state index contributed by atoms with van der Waals surface area (Å²) in [7, 11) is 0. The summed E-state index contributed by atoms with van der Waals surface area (Å²) in [6.45, 7) is 2.00. The largest absolute Gasteiger partial charge is 0.348 e. The Labute approximate surface area is 106 Å². The first kappa shape index (κ1) is 12.2. The molecule has 1 aromatic carbocycles. The summed E-state index contributed by atoms with van der Waals surface area (Å²) in [6.07, 6.45) is 8.25. The third-order valence-electron chi connectivity index (χ3n) is 2.87. The Kier molecular flexibility index (Phi) is 3.63. The van der Waals surface area contributed by atoms with Crippen molar-refractivity contribution in [3.05, 3.63) is 30.1 Å². The molecule has 1 unspecified atom stereocenters. The van der Waals surface area contributed by atoms with E-state index < -0.39 is 0 Å². The summed E-state index contributed by atoms with van der Waals surface area (Å²) < 4.78 is 0. The molecule has 0 saturated carbocycles. The summed E-state index contributed by atoms with van der Waals surface area (Å²) in [4.78, 5) is 19.1. The third-order valence-corrected chi connectivity index (χ3v) is 2.87. The van der Waals surface area contributed by atoms with E-state index in [2.05, 4.69) is 21.2 Å². The molecule has 92 valence electrons. The lowest BCUT2D eigenvalue weighted by Gasteiger charge is -2.14. The maximum atomic E-state index is 12.0. The fraction of sp³-hybridized carbons (Fsp3) is 0.286. The first-order valence-corrected chi connectivity index (χ1v) is 5.92. The van der Waals surface area contributed by atoms with Crippen LogP contribution in [0.3, 0.4) is 0 Å². The summed E-state index contributed by atoms with van der Waals surface area (Å²) >= 11 is 0. The van der Waals surface area contributed by atoms with E-state index in [1.807, 2.05) is 13.0 Å². The van der Waals surface area contributed by atoms with Gasteiger partial charge >= 0.3 is 0 Å². The van der Waals surface area contributed by atoms with E-state index >= 15 is 0 Å². The fourth-order valence-electron chi connectivity index (χ4n) is 1.79. The molecule has 2 aromatic rings. The zero-order valence-corrected chi connectivity index (χ0v) is 10.2. The topological polar surface area (TPSA) is 57.8 Å². The van der Waals surface area contributed by atoms with Crippen LogP contribution in [-0.2, 0) is 0 Å². The summed E-state index contributed by atoms with van der Waals surface area (Å²) in [6, 6.07) is 5.41. The predicted molar refractivity (Wildman–Crippen MR) is 71.1 cm³/mol. The first-order chi connectivity index (χ1) is 8.74. The molecule has 0 spiro atoms. The Balaban J connectivity index is 2.15. The molecule has 0 aliphatic heterocycles. The number of nitrogens with one attached hydrogen (secondary N) is 2. The van der Waals surface area contributed by atoms with Crippen LogP contribution >= 0.6 is 0 Å². The van der Waals surface area contributed by atoms with E-state index in [0.29, 0.717) is 12.0 Å². The van der Waals surface area contributed by atoms with E-state index in [1.54, 1.807) is 18.5 Å². The minimum Gasteiger partial charge on any atom is -0.348 e. The molecule has 1 aromatic heterocycles. The van der Waals surface area contributed by atoms with E-state index in [9.17, 15) is 4.79 Å². The number of carbonyl (C=O) groups excluding carboxylic acids is 1. The van der Waals surface area contributed by atoms with Crippen molar-refractivity contribution in [2.24, 2.45) is 0 Å². The summed E-state index contributed by atoms with van der Waals surface area (Å²) in [5.41, 5.74) is 2.32. The molecule has 2 rings (SSSR count). The molecular weight excluding hydrogens is 226 g/mol. The van der Waals surface area contributed by atoms with E-state index in [1.165, 1.54) is 0 Å². The van der Waals surface area contributed by atoms with Crippen LogP contribution in [0.15, 0.2) is 24.5 Å².